The van der Waals surface area contributed by atoms with Crippen LogP contribution in [0.1, 0.15) is 18.4 Å². The van der Waals surface area contributed by atoms with Gasteiger partial charge in [0, 0.05) is 16.6 Å². The van der Waals surface area contributed by atoms with E-state index in [4.69, 9.17) is 5.11 Å². The van der Waals surface area contributed by atoms with Crippen LogP contribution in [0.25, 0.3) is 0 Å². The maximum atomic E-state index is 8.59. The summed E-state index contributed by atoms with van der Waals surface area (Å²) in [6, 6.07) is 8.40. The second-order valence-electron chi connectivity index (χ2n) is 3.34. The number of rotatable bonds is 6. The molecule has 0 unspecified atom stereocenters. The maximum absolute atomic E-state index is 8.59. The molecule has 0 radical (unpaired) electrons. The summed E-state index contributed by atoms with van der Waals surface area (Å²) in [5.74, 6) is 0. The van der Waals surface area contributed by atoms with Crippen molar-refractivity contribution in [1.29, 1.82) is 0 Å². The molecule has 0 fully saturated rings. The second-order valence-corrected chi connectivity index (χ2v) is 4.25. The summed E-state index contributed by atoms with van der Waals surface area (Å²) in [4.78, 5) is 0. The van der Waals surface area contributed by atoms with Gasteiger partial charge < -0.3 is 10.4 Å². The Balaban J connectivity index is 2.15. The van der Waals surface area contributed by atoms with Crippen LogP contribution in [0.5, 0.6) is 0 Å². The van der Waals surface area contributed by atoms with Crippen molar-refractivity contribution in [2.24, 2.45) is 0 Å². The number of quaternary nitrogens is 1. The zero-order valence-corrected chi connectivity index (χ0v) is 9.83. The van der Waals surface area contributed by atoms with Gasteiger partial charge in [0.1, 0.15) is 6.54 Å². The molecule has 1 rings (SSSR count). The highest BCUT2D eigenvalue weighted by molar-refractivity contribution is 9.10. The van der Waals surface area contributed by atoms with Gasteiger partial charge in [0.05, 0.1) is 6.54 Å². The molecular formula is C11H17BrNO+. The average molecular weight is 259 g/mol. The van der Waals surface area contributed by atoms with E-state index in [2.05, 4.69) is 45.5 Å². The molecule has 0 amide bonds. The number of hydrogen-bond donors (Lipinski definition) is 2. The minimum atomic E-state index is 0.312. The molecule has 3 N–H and O–H groups in total. The Bertz CT molecular complexity index is 248. The summed E-state index contributed by atoms with van der Waals surface area (Å²) in [5, 5.41) is 10.9. The SMILES string of the molecule is OCCCC[NH2+]Cc1ccc(Br)cc1. The van der Waals surface area contributed by atoms with Gasteiger partial charge in [-0.05, 0) is 25.0 Å². The van der Waals surface area contributed by atoms with Gasteiger partial charge in [0.25, 0.3) is 0 Å². The smallest absolute Gasteiger partial charge is 0.101 e. The number of halogens is 1. The Labute approximate surface area is 93.5 Å². The van der Waals surface area contributed by atoms with E-state index in [1.54, 1.807) is 0 Å². The molecule has 1 aromatic carbocycles. The first-order chi connectivity index (χ1) is 6.83. The van der Waals surface area contributed by atoms with E-state index in [1.807, 2.05) is 0 Å². The molecule has 0 spiro atoms. The number of nitrogens with two attached hydrogens (primary N) is 1. The topological polar surface area (TPSA) is 36.8 Å². The monoisotopic (exact) mass is 258 g/mol. The summed E-state index contributed by atoms with van der Waals surface area (Å²) >= 11 is 3.41. The van der Waals surface area contributed by atoms with Gasteiger partial charge in [-0.3, -0.25) is 0 Å². The Morgan fingerprint density at radius 1 is 1.14 bits per heavy atom. The van der Waals surface area contributed by atoms with Gasteiger partial charge in [-0.2, -0.15) is 0 Å². The standard InChI is InChI=1S/C11H16BrNO/c12-11-5-3-10(4-6-11)9-13-7-1-2-8-14/h3-6,13-14H,1-2,7-9H2/p+1. The zero-order chi connectivity index (χ0) is 10.2. The van der Waals surface area contributed by atoms with Gasteiger partial charge in [-0.15, -0.1) is 0 Å². The van der Waals surface area contributed by atoms with Crippen LogP contribution in [-0.4, -0.2) is 18.3 Å². The van der Waals surface area contributed by atoms with E-state index < -0.39 is 0 Å². The molecule has 0 atom stereocenters. The fraction of sp³-hybridized carbons (Fsp3) is 0.455. The van der Waals surface area contributed by atoms with Crippen molar-refractivity contribution in [3.8, 4) is 0 Å². The molecule has 0 saturated carbocycles. The largest absolute Gasteiger partial charge is 0.396 e. The highest BCUT2D eigenvalue weighted by Crippen LogP contribution is 2.09. The lowest BCUT2D eigenvalue weighted by molar-refractivity contribution is -0.671. The molecule has 0 aliphatic rings. The molecule has 3 heteroatoms. The quantitative estimate of drug-likeness (QED) is 0.742. The Hall–Kier alpha value is -0.380. The van der Waals surface area contributed by atoms with E-state index in [0.717, 1.165) is 30.4 Å². The highest BCUT2D eigenvalue weighted by Gasteiger charge is 1.95. The average Bonchev–Trinajstić information content (AvgIpc) is 2.21. The van der Waals surface area contributed by atoms with Crippen LogP contribution in [0, 0.1) is 0 Å². The van der Waals surface area contributed by atoms with E-state index in [1.165, 1.54) is 5.56 Å². The van der Waals surface area contributed by atoms with Crippen molar-refractivity contribution in [3.05, 3.63) is 34.3 Å². The summed E-state index contributed by atoms with van der Waals surface area (Å²) in [6.07, 6.45) is 2.00. The first-order valence-corrected chi connectivity index (χ1v) is 5.79. The molecular weight excluding hydrogens is 242 g/mol. The lowest BCUT2D eigenvalue weighted by Crippen LogP contribution is -2.82. The summed E-state index contributed by atoms with van der Waals surface area (Å²) < 4.78 is 1.13. The normalized spacial score (nSPS) is 10.4. The Kier molecular flexibility index (Phi) is 5.83. The van der Waals surface area contributed by atoms with Crippen molar-refractivity contribution in [2.45, 2.75) is 19.4 Å². The van der Waals surface area contributed by atoms with Crippen molar-refractivity contribution in [2.75, 3.05) is 13.2 Å². The summed E-state index contributed by atoms with van der Waals surface area (Å²) in [7, 11) is 0. The molecule has 0 saturated heterocycles. The first-order valence-electron chi connectivity index (χ1n) is 5.00. The summed E-state index contributed by atoms with van der Waals surface area (Å²) in [5.41, 5.74) is 1.34. The molecule has 0 aliphatic carbocycles. The molecule has 1 aromatic rings. The minimum absolute atomic E-state index is 0.312. The number of aliphatic hydroxyl groups is 1. The van der Waals surface area contributed by atoms with Crippen LogP contribution >= 0.6 is 15.9 Å². The Morgan fingerprint density at radius 3 is 2.50 bits per heavy atom. The van der Waals surface area contributed by atoms with Crippen LogP contribution < -0.4 is 5.32 Å². The van der Waals surface area contributed by atoms with Crippen molar-refractivity contribution in [3.63, 3.8) is 0 Å². The summed E-state index contributed by atoms with van der Waals surface area (Å²) in [6.45, 7) is 2.43. The fourth-order valence-corrected chi connectivity index (χ4v) is 1.55. The second kappa shape index (κ2) is 6.98. The van der Waals surface area contributed by atoms with Crippen molar-refractivity contribution < 1.29 is 10.4 Å². The van der Waals surface area contributed by atoms with Gasteiger partial charge in [-0.1, -0.05) is 28.1 Å². The number of benzene rings is 1. The third kappa shape index (κ3) is 4.74. The van der Waals surface area contributed by atoms with E-state index in [0.29, 0.717) is 6.61 Å². The van der Waals surface area contributed by atoms with Crippen LogP contribution in [-0.2, 0) is 6.54 Å². The van der Waals surface area contributed by atoms with Crippen LogP contribution in [0.2, 0.25) is 0 Å². The third-order valence-electron chi connectivity index (χ3n) is 2.11. The molecule has 78 valence electrons. The molecule has 14 heavy (non-hydrogen) atoms. The van der Waals surface area contributed by atoms with Gasteiger partial charge in [0.2, 0.25) is 0 Å². The number of hydrogen-bond acceptors (Lipinski definition) is 1. The van der Waals surface area contributed by atoms with Crippen LogP contribution in [0.4, 0.5) is 0 Å². The lowest BCUT2D eigenvalue weighted by atomic mass is 10.2. The maximum Gasteiger partial charge on any atom is 0.101 e. The minimum Gasteiger partial charge on any atom is -0.396 e. The van der Waals surface area contributed by atoms with Gasteiger partial charge in [0.15, 0.2) is 0 Å². The Morgan fingerprint density at radius 2 is 1.86 bits per heavy atom. The van der Waals surface area contributed by atoms with E-state index in [9.17, 15) is 0 Å². The lowest BCUT2D eigenvalue weighted by Gasteiger charge is -2.01. The predicted octanol–water partition coefficient (Wildman–Crippen LogP) is 1.29. The van der Waals surface area contributed by atoms with E-state index in [-0.39, 0.29) is 0 Å². The van der Waals surface area contributed by atoms with Crippen molar-refractivity contribution in [1.82, 2.24) is 0 Å². The van der Waals surface area contributed by atoms with E-state index >= 15 is 0 Å². The first kappa shape index (κ1) is 11.7. The highest BCUT2D eigenvalue weighted by atomic mass is 79.9. The molecule has 2 nitrogen and oxygen atoms in total. The zero-order valence-electron chi connectivity index (χ0n) is 8.25. The van der Waals surface area contributed by atoms with Gasteiger partial charge in [-0.25, -0.2) is 0 Å². The molecule has 0 heterocycles. The molecule has 0 aromatic heterocycles. The van der Waals surface area contributed by atoms with Crippen molar-refractivity contribution >= 4 is 15.9 Å². The van der Waals surface area contributed by atoms with Crippen LogP contribution in [0.3, 0.4) is 0 Å². The fourth-order valence-electron chi connectivity index (χ4n) is 1.29. The molecule has 0 bridgehead atoms. The molecule has 0 aliphatic heterocycles. The van der Waals surface area contributed by atoms with Crippen LogP contribution in [0.15, 0.2) is 28.7 Å². The predicted molar refractivity (Wildman–Crippen MR) is 61.0 cm³/mol. The number of unbranched alkanes of at least 4 members (excludes halogenated alkanes) is 1. The van der Waals surface area contributed by atoms with Gasteiger partial charge >= 0.3 is 0 Å². The number of aliphatic hydroxyl groups excluding tert-OH is 1. The third-order valence-corrected chi connectivity index (χ3v) is 2.64.